The fourth-order valence-electron chi connectivity index (χ4n) is 2.61. The number of rotatable bonds is 4. The number of aromatic nitrogens is 4. The highest BCUT2D eigenvalue weighted by Gasteiger charge is 2.26. The number of ether oxygens (including phenoxy) is 1. The Morgan fingerprint density at radius 3 is 2.68 bits per heavy atom. The number of nitrogens with one attached hydrogen (secondary N) is 2. The van der Waals surface area contributed by atoms with Crippen LogP contribution in [0.25, 0.3) is 20.8 Å². The van der Waals surface area contributed by atoms with Crippen LogP contribution in [0.15, 0.2) is 29.5 Å². The molecule has 0 aliphatic carbocycles. The molecular weight excluding hydrogens is 378 g/mol. The molecule has 0 unspecified atom stereocenters. The van der Waals surface area contributed by atoms with E-state index < -0.39 is 17.7 Å². The molecule has 9 heteroatoms. The van der Waals surface area contributed by atoms with Crippen molar-refractivity contribution in [1.29, 1.82) is 0 Å². The molecule has 0 fully saturated rings. The second-order valence-corrected chi connectivity index (χ2v) is 8.87. The van der Waals surface area contributed by atoms with E-state index in [0.717, 1.165) is 10.6 Å². The van der Waals surface area contributed by atoms with Crippen LogP contribution in [-0.4, -0.2) is 31.6 Å². The van der Waals surface area contributed by atoms with Gasteiger partial charge in [-0.1, -0.05) is 13.8 Å². The molecule has 0 spiro atoms. The van der Waals surface area contributed by atoms with Crippen LogP contribution in [-0.2, 0) is 4.74 Å². The number of alkyl carbamates (subject to hydrolysis) is 1. The lowest BCUT2D eigenvalue weighted by atomic mass is 10.1. The van der Waals surface area contributed by atoms with Crippen molar-refractivity contribution in [3.8, 4) is 10.6 Å². The molecule has 0 saturated carbocycles. The summed E-state index contributed by atoms with van der Waals surface area (Å²) in [7, 11) is 0. The molecule has 0 saturated heterocycles. The molecule has 1 atom stereocenters. The summed E-state index contributed by atoms with van der Waals surface area (Å²) in [5.41, 5.74) is 0.572. The van der Waals surface area contributed by atoms with E-state index in [0.29, 0.717) is 16.0 Å². The van der Waals surface area contributed by atoms with E-state index in [1.165, 1.54) is 17.7 Å². The Hall–Kier alpha value is -2.81. The van der Waals surface area contributed by atoms with Gasteiger partial charge in [0.2, 0.25) is 0 Å². The zero-order valence-electron chi connectivity index (χ0n) is 16.4. The van der Waals surface area contributed by atoms with Crippen LogP contribution >= 0.6 is 11.3 Å². The fraction of sp³-hybridized carbons (Fsp3) is 0.421. The van der Waals surface area contributed by atoms with Crippen molar-refractivity contribution in [2.75, 3.05) is 0 Å². The first-order valence-electron chi connectivity index (χ1n) is 8.93. The monoisotopic (exact) mass is 401 g/mol. The van der Waals surface area contributed by atoms with Crippen LogP contribution in [0.3, 0.4) is 0 Å². The number of carbonyl (C=O) groups excluding carboxylic acids is 1. The molecule has 28 heavy (non-hydrogen) atoms. The number of nitrogens with zero attached hydrogens (tertiary/aromatic N) is 3. The number of carbonyl (C=O) groups is 1. The summed E-state index contributed by atoms with van der Waals surface area (Å²) in [5, 5.41) is 2.76. The SMILES string of the molecule is CC(C)[C@H](OC(=O)NC(C)(C)C)c1nc2cc(-c3ccncn3)sc2c(=O)[nH]1. The Morgan fingerprint density at radius 2 is 2.07 bits per heavy atom. The van der Waals surface area contributed by atoms with Crippen molar-refractivity contribution in [2.45, 2.75) is 46.3 Å². The number of fused-ring (bicyclic) bond motifs is 1. The van der Waals surface area contributed by atoms with Gasteiger partial charge in [-0.15, -0.1) is 11.3 Å². The average molecular weight is 401 g/mol. The van der Waals surface area contributed by atoms with Crippen LogP contribution in [0.2, 0.25) is 0 Å². The van der Waals surface area contributed by atoms with E-state index in [9.17, 15) is 9.59 Å². The molecule has 0 aliphatic rings. The molecule has 3 aromatic heterocycles. The van der Waals surface area contributed by atoms with Gasteiger partial charge in [0.1, 0.15) is 11.0 Å². The number of H-pyrrole nitrogens is 1. The highest BCUT2D eigenvalue weighted by Crippen LogP contribution is 2.31. The lowest BCUT2D eigenvalue weighted by Crippen LogP contribution is -2.42. The fourth-order valence-corrected chi connectivity index (χ4v) is 3.58. The minimum atomic E-state index is -0.679. The second kappa shape index (κ2) is 7.67. The third-order valence-corrected chi connectivity index (χ3v) is 4.97. The van der Waals surface area contributed by atoms with E-state index in [1.54, 1.807) is 12.3 Å². The summed E-state index contributed by atoms with van der Waals surface area (Å²) >= 11 is 1.31. The van der Waals surface area contributed by atoms with Crippen LogP contribution in [0, 0.1) is 5.92 Å². The molecule has 3 aromatic rings. The van der Waals surface area contributed by atoms with Gasteiger partial charge in [0.15, 0.2) is 11.9 Å². The Balaban J connectivity index is 1.96. The zero-order chi connectivity index (χ0) is 20.5. The van der Waals surface area contributed by atoms with Gasteiger partial charge in [-0.05, 0) is 38.8 Å². The van der Waals surface area contributed by atoms with Crippen molar-refractivity contribution in [2.24, 2.45) is 5.92 Å². The summed E-state index contributed by atoms with van der Waals surface area (Å²) in [4.78, 5) is 41.1. The Labute approximate surface area is 166 Å². The van der Waals surface area contributed by atoms with Crippen molar-refractivity contribution >= 4 is 27.6 Å². The van der Waals surface area contributed by atoms with E-state index in [2.05, 4.69) is 25.3 Å². The highest BCUT2D eigenvalue weighted by molar-refractivity contribution is 7.22. The maximum Gasteiger partial charge on any atom is 0.408 e. The van der Waals surface area contributed by atoms with Crippen LogP contribution in [0.5, 0.6) is 0 Å². The Bertz CT molecular complexity index is 1040. The number of amides is 1. The minimum absolute atomic E-state index is 0.0775. The van der Waals surface area contributed by atoms with Crippen molar-refractivity contribution in [3.05, 3.63) is 40.8 Å². The van der Waals surface area contributed by atoms with E-state index in [1.807, 2.05) is 40.7 Å². The number of hydrogen-bond acceptors (Lipinski definition) is 7. The summed E-state index contributed by atoms with van der Waals surface area (Å²) in [6.07, 6.45) is 1.87. The molecule has 1 amide bonds. The lowest BCUT2D eigenvalue weighted by molar-refractivity contribution is 0.0604. The normalized spacial score (nSPS) is 12.9. The largest absolute Gasteiger partial charge is 0.438 e. The zero-order valence-corrected chi connectivity index (χ0v) is 17.3. The summed E-state index contributed by atoms with van der Waals surface area (Å²) in [5.74, 6) is 0.245. The van der Waals surface area contributed by atoms with Crippen LogP contribution in [0.4, 0.5) is 4.79 Å². The molecule has 8 nitrogen and oxygen atoms in total. The van der Waals surface area contributed by atoms with E-state index in [4.69, 9.17) is 4.74 Å². The van der Waals surface area contributed by atoms with E-state index >= 15 is 0 Å². The van der Waals surface area contributed by atoms with Gasteiger partial charge in [0, 0.05) is 11.7 Å². The van der Waals surface area contributed by atoms with Gasteiger partial charge in [0.05, 0.1) is 16.1 Å². The molecule has 2 N–H and O–H groups in total. The Morgan fingerprint density at radius 1 is 1.32 bits per heavy atom. The van der Waals surface area contributed by atoms with Crippen molar-refractivity contribution in [3.63, 3.8) is 0 Å². The first kappa shape index (κ1) is 19.9. The predicted molar refractivity (Wildman–Crippen MR) is 108 cm³/mol. The summed E-state index contributed by atoms with van der Waals surface area (Å²) in [6, 6.07) is 3.59. The van der Waals surface area contributed by atoms with Crippen molar-refractivity contribution in [1.82, 2.24) is 25.3 Å². The molecule has 0 bridgehead atoms. The molecule has 148 valence electrons. The smallest absolute Gasteiger partial charge is 0.408 e. The second-order valence-electron chi connectivity index (χ2n) is 7.82. The first-order valence-corrected chi connectivity index (χ1v) is 9.74. The molecule has 0 aromatic carbocycles. The number of aromatic amines is 1. The van der Waals surface area contributed by atoms with Gasteiger partial charge in [0.25, 0.3) is 5.56 Å². The molecular formula is C19H23N5O3S. The van der Waals surface area contributed by atoms with Crippen molar-refractivity contribution < 1.29 is 9.53 Å². The average Bonchev–Trinajstić information content (AvgIpc) is 3.03. The molecule has 0 aliphatic heterocycles. The topological polar surface area (TPSA) is 110 Å². The Kier molecular flexibility index (Phi) is 5.46. The summed E-state index contributed by atoms with van der Waals surface area (Å²) in [6.45, 7) is 9.40. The summed E-state index contributed by atoms with van der Waals surface area (Å²) < 4.78 is 6.07. The molecule has 3 heterocycles. The molecule has 3 rings (SSSR count). The van der Waals surface area contributed by atoms with Crippen LogP contribution in [0.1, 0.15) is 46.5 Å². The third kappa shape index (κ3) is 4.53. The van der Waals surface area contributed by atoms with E-state index in [-0.39, 0.29) is 11.5 Å². The number of hydrogen-bond donors (Lipinski definition) is 2. The standard InChI is InChI=1S/C19H23N5O3S/c1-10(2)14(27-18(26)24-19(3,4)5)16-22-12-8-13(11-6-7-20-9-21-11)28-15(12)17(25)23-16/h6-10,14H,1-5H3,(H,24,26)(H,22,23,25)/t14-/m0/s1. The van der Waals surface area contributed by atoms with Gasteiger partial charge < -0.3 is 15.0 Å². The highest BCUT2D eigenvalue weighted by atomic mass is 32.1. The minimum Gasteiger partial charge on any atom is -0.438 e. The maximum absolute atomic E-state index is 12.6. The molecule has 0 radical (unpaired) electrons. The van der Waals surface area contributed by atoms with Gasteiger partial charge in [-0.3, -0.25) is 4.79 Å². The van der Waals surface area contributed by atoms with Gasteiger partial charge in [-0.25, -0.2) is 19.7 Å². The third-order valence-electron chi connectivity index (χ3n) is 3.82. The quantitative estimate of drug-likeness (QED) is 0.690. The first-order chi connectivity index (χ1) is 13.1. The lowest BCUT2D eigenvalue weighted by Gasteiger charge is -2.25. The van der Waals surface area contributed by atoms with Gasteiger partial charge in [-0.2, -0.15) is 0 Å². The number of thiophene rings is 1. The van der Waals surface area contributed by atoms with Gasteiger partial charge >= 0.3 is 6.09 Å². The predicted octanol–water partition coefficient (Wildman–Crippen LogP) is 3.66. The maximum atomic E-state index is 12.6. The van der Waals surface area contributed by atoms with Crippen LogP contribution < -0.4 is 10.9 Å².